The number of fused-ring (bicyclic) bond motifs is 5. The van der Waals surface area contributed by atoms with Gasteiger partial charge in [0.1, 0.15) is 23.0 Å². The summed E-state index contributed by atoms with van der Waals surface area (Å²) in [5, 5.41) is 16.5. The Morgan fingerprint density at radius 2 is 2.42 bits per heavy atom. The number of hydrogen-bond donors (Lipinski definition) is 2. The summed E-state index contributed by atoms with van der Waals surface area (Å²) >= 11 is 1.77. The minimum absolute atomic E-state index is 0.517. The van der Waals surface area contributed by atoms with Crippen molar-refractivity contribution >= 4 is 33.1 Å². The fraction of sp³-hybridized carbons (Fsp3) is 0.333. The number of thiophene rings is 1. The minimum Gasteiger partial charge on any atom is -0.467 e. The largest absolute Gasteiger partial charge is 0.467 e. The smallest absolute Gasteiger partial charge is 0.276 e. The van der Waals surface area contributed by atoms with Gasteiger partial charge in [-0.3, -0.25) is 0 Å². The van der Waals surface area contributed by atoms with Crippen LogP contribution >= 0.6 is 11.3 Å². The first-order valence-electron chi connectivity index (χ1n) is 7.89. The molecule has 24 heavy (non-hydrogen) atoms. The molecular formula is C15H16N7OS+. The molecule has 122 valence electrons. The number of quaternary nitrogens is 1. The molecule has 8 nitrogen and oxygen atoms in total. The molecule has 0 saturated carbocycles. The van der Waals surface area contributed by atoms with Crippen molar-refractivity contribution in [1.82, 2.24) is 25.0 Å². The van der Waals surface area contributed by atoms with Crippen molar-refractivity contribution in [3.8, 4) is 0 Å². The summed E-state index contributed by atoms with van der Waals surface area (Å²) in [6.07, 6.45) is 2.72. The maximum Gasteiger partial charge on any atom is 0.276 e. The Kier molecular flexibility index (Phi) is 3.03. The Bertz CT molecular complexity index is 1020. The molecule has 2 N–H and O–H groups in total. The van der Waals surface area contributed by atoms with Crippen LogP contribution in [0.4, 0.5) is 5.82 Å². The molecule has 0 bridgehead atoms. The summed E-state index contributed by atoms with van der Waals surface area (Å²) < 4.78 is 7.15. The summed E-state index contributed by atoms with van der Waals surface area (Å²) in [6.45, 7) is 2.75. The number of anilines is 1. The first-order valence-corrected chi connectivity index (χ1v) is 8.71. The summed E-state index contributed by atoms with van der Waals surface area (Å²) in [5.41, 5.74) is 1.38. The Morgan fingerprint density at radius 1 is 1.46 bits per heavy atom. The van der Waals surface area contributed by atoms with Crippen LogP contribution in [0.3, 0.4) is 0 Å². The molecule has 9 heteroatoms. The van der Waals surface area contributed by atoms with E-state index in [-0.39, 0.29) is 0 Å². The zero-order valence-corrected chi connectivity index (χ0v) is 13.9. The van der Waals surface area contributed by atoms with Crippen molar-refractivity contribution in [2.45, 2.75) is 19.5 Å². The highest BCUT2D eigenvalue weighted by molar-refractivity contribution is 7.19. The number of nitrogens with zero attached hydrogens (tertiary/aromatic N) is 5. The summed E-state index contributed by atoms with van der Waals surface area (Å²) in [6, 6.07) is 3.83. The fourth-order valence-corrected chi connectivity index (χ4v) is 4.66. The van der Waals surface area contributed by atoms with E-state index in [1.807, 2.05) is 12.1 Å². The van der Waals surface area contributed by atoms with Gasteiger partial charge < -0.3 is 14.6 Å². The van der Waals surface area contributed by atoms with Crippen molar-refractivity contribution in [2.24, 2.45) is 0 Å². The highest BCUT2D eigenvalue weighted by atomic mass is 32.1. The maximum absolute atomic E-state index is 5.41. The van der Waals surface area contributed by atoms with Gasteiger partial charge in [-0.05, 0) is 28.1 Å². The Morgan fingerprint density at radius 3 is 3.29 bits per heavy atom. The summed E-state index contributed by atoms with van der Waals surface area (Å²) in [7, 11) is 2.23. The van der Waals surface area contributed by atoms with E-state index in [2.05, 4.69) is 32.9 Å². The molecule has 1 atom stereocenters. The van der Waals surface area contributed by atoms with Gasteiger partial charge in [0, 0.05) is 6.42 Å². The fourth-order valence-electron chi connectivity index (χ4n) is 3.25. The van der Waals surface area contributed by atoms with E-state index in [4.69, 9.17) is 4.42 Å². The molecule has 5 rings (SSSR count). The number of hydrogen-bond acceptors (Lipinski definition) is 7. The number of aromatic nitrogens is 5. The molecule has 1 aliphatic heterocycles. The van der Waals surface area contributed by atoms with Crippen LogP contribution in [0.2, 0.25) is 0 Å². The van der Waals surface area contributed by atoms with E-state index in [1.165, 1.54) is 15.3 Å². The average molecular weight is 342 g/mol. The van der Waals surface area contributed by atoms with Crippen molar-refractivity contribution < 1.29 is 9.32 Å². The Hall–Kier alpha value is -2.52. The van der Waals surface area contributed by atoms with Gasteiger partial charge in [-0.1, -0.05) is 5.10 Å². The van der Waals surface area contributed by atoms with Crippen LogP contribution in [0.25, 0.3) is 16.0 Å². The Balaban J connectivity index is 1.68. The SMILES string of the molecule is C[NH+]1CCc2c(sc3c2c(NCc2ccco2)nc2nnnn23)C1. The second kappa shape index (κ2) is 5.25. The normalized spacial score (nSPS) is 17.5. The van der Waals surface area contributed by atoms with Gasteiger partial charge in [0.2, 0.25) is 0 Å². The molecule has 1 unspecified atom stereocenters. The lowest BCUT2D eigenvalue weighted by Gasteiger charge is -2.19. The maximum atomic E-state index is 5.41. The van der Waals surface area contributed by atoms with Crippen LogP contribution in [0.15, 0.2) is 22.8 Å². The van der Waals surface area contributed by atoms with Crippen LogP contribution in [-0.2, 0) is 19.5 Å². The van der Waals surface area contributed by atoms with Crippen LogP contribution in [0.5, 0.6) is 0 Å². The van der Waals surface area contributed by atoms with E-state index < -0.39 is 0 Å². The van der Waals surface area contributed by atoms with E-state index in [9.17, 15) is 0 Å². The molecule has 0 aliphatic carbocycles. The van der Waals surface area contributed by atoms with Crippen molar-refractivity contribution in [2.75, 3.05) is 18.9 Å². The number of likely N-dealkylation sites (N-methyl/N-ethyl adjacent to an activating group) is 1. The highest BCUT2D eigenvalue weighted by Crippen LogP contribution is 2.36. The van der Waals surface area contributed by atoms with Crippen molar-refractivity contribution in [3.05, 3.63) is 34.6 Å². The first kappa shape index (κ1) is 13.9. The average Bonchev–Trinajstić information content (AvgIpc) is 3.30. The van der Waals surface area contributed by atoms with Gasteiger partial charge >= 0.3 is 0 Å². The monoisotopic (exact) mass is 342 g/mol. The van der Waals surface area contributed by atoms with Crippen LogP contribution in [-0.4, -0.2) is 38.6 Å². The molecule has 0 amide bonds. The van der Waals surface area contributed by atoms with Crippen LogP contribution in [0.1, 0.15) is 16.2 Å². The number of tetrazole rings is 1. The quantitative estimate of drug-likeness (QED) is 0.564. The molecule has 0 saturated heterocycles. The Labute approximate surface area is 141 Å². The van der Waals surface area contributed by atoms with E-state index >= 15 is 0 Å². The summed E-state index contributed by atoms with van der Waals surface area (Å²) in [4.78, 5) is 8.63. The predicted molar refractivity (Wildman–Crippen MR) is 89.2 cm³/mol. The van der Waals surface area contributed by atoms with Gasteiger partial charge in [-0.15, -0.1) is 11.3 Å². The highest BCUT2D eigenvalue weighted by Gasteiger charge is 2.26. The van der Waals surface area contributed by atoms with Gasteiger partial charge in [-0.25, -0.2) is 0 Å². The molecule has 1 aliphatic rings. The molecule has 4 aromatic heterocycles. The first-order chi connectivity index (χ1) is 11.8. The van der Waals surface area contributed by atoms with Crippen LogP contribution < -0.4 is 10.2 Å². The van der Waals surface area contributed by atoms with Crippen molar-refractivity contribution in [3.63, 3.8) is 0 Å². The third kappa shape index (κ3) is 2.09. The van der Waals surface area contributed by atoms with Gasteiger partial charge in [0.25, 0.3) is 5.78 Å². The second-order valence-corrected chi connectivity index (χ2v) is 7.19. The third-order valence-electron chi connectivity index (χ3n) is 4.44. The third-order valence-corrected chi connectivity index (χ3v) is 5.65. The topological polar surface area (TPSA) is 85.6 Å². The molecule has 0 radical (unpaired) electrons. The number of rotatable bonds is 3. The lowest BCUT2D eigenvalue weighted by molar-refractivity contribution is -0.895. The van der Waals surface area contributed by atoms with Gasteiger partial charge in [0.05, 0.1) is 36.7 Å². The zero-order chi connectivity index (χ0) is 16.1. The van der Waals surface area contributed by atoms with Gasteiger partial charge in [-0.2, -0.15) is 9.50 Å². The second-order valence-electron chi connectivity index (χ2n) is 6.10. The molecule has 4 aromatic rings. The summed E-state index contributed by atoms with van der Waals surface area (Å²) in [5.74, 6) is 2.22. The van der Waals surface area contributed by atoms with E-state index in [0.29, 0.717) is 12.3 Å². The lowest BCUT2D eigenvalue weighted by Crippen LogP contribution is -3.08. The minimum atomic E-state index is 0.517. The van der Waals surface area contributed by atoms with Crippen molar-refractivity contribution in [1.29, 1.82) is 0 Å². The van der Waals surface area contributed by atoms with E-state index in [1.54, 1.807) is 22.1 Å². The van der Waals surface area contributed by atoms with Crippen LogP contribution in [0, 0.1) is 0 Å². The standard InChI is InChI=1S/C15H15N7OS/c1-21-5-4-10-11(8-21)24-14-12(10)13(16-7-9-3-2-6-23-9)17-15-18-19-20-22(14)15/h2-3,6H,4-5,7-8H2,1H3,(H,16,17,18,20)/p+1. The number of nitrogens with one attached hydrogen (secondary N) is 2. The lowest BCUT2D eigenvalue weighted by atomic mass is 10.1. The van der Waals surface area contributed by atoms with Gasteiger partial charge in [0.15, 0.2) is 0 Å². The molecule has 0 aromatic carbocycles. The number of furan rings is 1. The molecule has 5 heterocycles. The predicted octanol–water partition coefficient (Wildman–Crippen LogP) is 0.510. The molecule has 0 fully saturated rings. The molecular weight excluding hydrogens is 326 g/mol. The van der Waals surface area contributed by atoms with E-state index in [0.717, 1.165) is 41.3 Å². The molecule has 0 spiro atoms. The zero-order valence-electron chi connectivity index (χ0n) is 13.1.